The average molecular weight is 507 g/mol. The summed E-state index contributed by atoms with van der Waals surface area (Å²) >= 11 is 1.24. The fourth-order valence-corrected chi connectivity index (χ4v) is 5.21. The summed E-state index contributed by atoms with van der Waals surface area (Å²) in [4.78, 5) is 18.6. The number of rotatable bonds is 6. The highest BCUT2D eigenvalue weighted by atomic mass is 32.2. The Hall–Kier alpha value is -3.87. The number of hydrogen-bond acceptors (Lipinski definition) is 7. The Morgan fingerprint density at radius 3 is 2.26 bits per heavy atom. The molecule has 1 aromatic heterocycles. The summed E-state index contributed by atoms with van der Waals surface area (Å²) in [6, 6.07) is 21.8. The Morgan fingerprint density at radius 1 is 0.914 bits per heavy atom. The predicted molar refractivity (Wildman–Crippen MR) is 131 cm³/mol. The van der Waals surface area contributed by atoms with E-state index < -0.39 is 21.5 Å². The Labute approximate surface area is 205 Å². The fourth-order valence-electron chi connectivity index (χ4n) is 3.58. The molecule has 10 nitrogen and oxygen atoms in total. The van der Waals surface area contributed by atoms with E-state index in [2.05, 4.69) is 20.5 Å². The number of aryl methyl sites for hydroxylation is 1. The van der Waals surface area contributed by atoms with Gasteiger partial charge in [0.05, 0.1) is 16.3 Å². The van der Waals surface area contributed by atoms with Crippen LogP contribution in [0.15, 0.2) is 93.9 Å². The summed E-state index contributed by atoms with van der Waals surface area (Å²) in [6.07, 6.45) is 0. The highest BCUT2D eigenvalue weighted by molar-refractivity contribution is 8.00. The summed E-state index contributed by atoms with van der Waals surface area (Å²) in [5.74, 6) is 0. The molecule has 0 fully saturated rings. The van der Waals surface area contributed by atoms with Crippen molar-refractivity contribution in [2.45, 2.75) is 22.3 Å². The number of carbonyl (C=O) groups excluding carboxylic acids is 1. The van der Waals surface area contributed by atoms with Crippen LogP contribution in [0, 0.1) is 6.92 Å². The van der Waals surface area contributed by atoms with E-state index in [0.717, 1.165) is 16.8 Å². The standard InChI is InChI=1S/C23H18N6O4S2/c1-15-7-9-16(10-8-15)20-21(34-23-25-26-27-29(23)18-5-3-2-4-6-18)28(22(30)24-20)17-11-13-19(14-12-17)35(31,32)33/h2-14,21H,1H3,(H,31,32,33). The van der Waals surface area contributed by atoms with Crippen LogP contribution in [0.5, 0.6) is 0 Å². The van der Waals surface area contributed by atoms with Gasteiger partial charge in [-0.15, -0.1) is 5.10 Å². The van der Waals surface area contributed by atoms with Crippen molar-refractivity contribution in [1.82, 2.24) is 20.2 Å². The monoisotopic (exact) mass is 506 g/mol. The second kappa shape index (κ2) is 9.06. The summed E-state index contributed by atoms with van der Waals surface area (Å²) in [5, 5.41) is 11.9. The van der Waals surface area contributed by atoms with Crippen LogP contribution in [0.1, 0.15) is 11.1 Å². The molecule has 0 saturated heterocycles. The molecule has 1 atom stereocenters. The molecular weight excluding hydrogens is 488 g/mol. The van der Waals surface area contributed by atoms with Crippen molar-refractivity contribution in [2.24, 2.45) is 4.99 Å². The van der Waals surface area contributed by atoms with E-state index in [1.54, 1.807) is 4.68 Å². The fraction of sp³-hybridized carbons (Fsp3) is 0.0870. The van der Waals surface area contributed by atoms with Gasteiger partial charge in [-0.3, -0.25) is 9.45 Å². The molecule has 1 aliphatic rings. The molecule has 3 aromatic carbocycles. The van der Waals surface area contributed by atoms with Gasteiger partial charge in [0.2, 0.25) is 5.16 Å². The predicted octanol–water partition coefficient (Wildman–Crippen LogP) is 3.77. The second-order valence-electron chi connectivity index (χ2n) is 7.66. The van der Waals surface area contributed by atoms with Crippen LogP contribution >= 0.6 is 11.8 Å². The quantitative estimate of drug-likeness (QED) is 0.391. The zero-order chi connectivity index (χ0) is 24.6. The largest absolute Gasteiger partial charge is 0.349 e. The van der Waals surface area contributed by atoms with Gasteiger partial charge < -0.3 is 0 Å². The minimum Gasteiger partial charge on any atom is -0.282 e. The summed E-state index contributed by atoms with van der Waals surface area (Å²) in [6.45, 7) is 1.97. The van der Waals surface area contributed by atoms with E-state index in [4.69, 9.17) is 0 Å². The van der Waals surface area contributed by atoms with Crippen LogP contribution in [0.4, 0.5) is 10.5 Å². The van der Waals surface area contributed by atoms with Crippen LogP contribution < -0.4 is 4.90 Å². The number of para-hydroxylation sites is 1. The number of thioether (sulfide) groups is 1. The number of aromatic nitrogens is 4. The van der Waals surface area contributed by atoms with Crippen molar-refractivity contribution >= 4 is 39.3 Å². The SMILES string of the molecule is Cc1ccc(C2=NC(=O)N(c3ccc(S(=O)(=O)O)cc3)C2Sc2nnnn2-c2ccccc2)cc1. The molecule has 1 unspecified atom stereocenters. The minimum atomic E-state index is -4.37. The maximum absolute atomic E-state index is 13.1. The lowest BCUT2D eigenvalue weighted by Gasteiger charge is -2.24. The Balaban J connectivity index is 1.57. The molecule has 1 aliphatic heterocycles. The van der Waals surface area contributed by atoms with E-state index in [1.165, 1.54) is 40.9 Å². The molecule has 176 valence electrons. The molecule has 2 heterocycles. The molecule has 0 saturated carbocycles. The number of aliphatic imine (C=N–C) groups is 1. The Morgan fingerprint density at radius 2 is 1.60 bits per heavy atom. The van der Waals surface area contributed by atoms with Gasteiger partial charge in [0, 0.05) is 5.69 Å². The summed E-state index contributed by atoms with van der Waals surface area (Å²) < 4.78 is 33.8. The van der Waals surface area contributed by atoms with Crippen LogP contribution in [-0.2, 0) is 10.1 Å². The third-order valence-electron chi connectivity index (χ3n) is 5.31. The normalized spacial score (nSPS) is 15.9. The van der Waals surface area contributed by atoms with E-state index in [9.17, 15) is 17.8 Å². The number of nitrogens with zero attached hydrogens (tertiary/aromatic N) is 6. The molecule has 12 heteroatoms. The van der Waals surface area contributed by atoms with Crippen molar-refractivity contribution in [2.75, 3.05) is 4.90 Å². The summed E-state index contributed by atoms with van der Waals surface area (Å²) in [5.41, 5.74) is 3.50. The first-order chi connectivity index (χ1) is 16.8. The molecule has 0 spiro atoms. The molecule has 0 radical (unpaired) electrons. The molecule has 4 aromatic rings. The topological polar surface area (TPSA) is 131 Å². The van der Waals surface area contributed by atoms with Crippen LogP contribution in [0.3, 0.4) is 0 Å². The number of urea groups is 1. The lowest BCUT2D eigenvalue weighted by atomic mass is 10.1. The van der Waals surface area contributed by atoms with Gasteiger partial charge in [-0.2, -0.15) is 18.1 Å². The third-order valence-corrected chi connectivity index (χ3v) is 7.30. The van der Waals surface area contributed by atoms with E-state index in [-0.39, 0.29) is 4.90 Å². The first-order valence-corrected chi connectivity index (χ1v) is 12.7. The number of carbonyl (C=O) groups is 1. The Kier molecular flexibility index (Phi) is 5.93. The first kappa shape index (κ1) is 22.9. The van der Waals surface area contributed by atoms with Gasteiger partial charge in [0.15, 0.2) is 0 Å². The average Bonchev–Trinajstić information content (AvgIpc) is 3.44. The molecule has 0 bridgehead atoms. The van der Waals surface area contributed by atoms with Gasteiger partial charge >= 0.3 is 6.03 Å². The van der Waals surface area contributed by atoms with E-state index >= 15 is 0 Å². The minimum absolute atomic E-state index is 0.273. The molecular formula is C23H18N6O4S2. The molecule has 1 N–H and O–H groups in total. The molecule has 0 aliphatic carbocycles. The number of tetrazole rings is 1. The van der Waals surface area contributed by atoms with E-state index in [0.29, 0.717) is 16.6 Å². The van der Waals surface area contributed by atoms with Crippen molar-refractivity contribution in [1.29, 1.82) is 0 Å². The van der Waals surface area contributed by atoms with Gasteiger partial charge in [-0.25, -0.2) is 4.79 Å². The van der Waals surface area contributed by atoms with Gasteiger partial charge in [-0.05, 0) is 59.3 Å². The zero-order valence-corrected chi connectivity index (χ0v) is 19.9. The molecule has 5 rings (SSSR count). The van der Waals surface area contributed by atoms with Crippen LogP contribution in [0.25, 0.3) is 5.69 Å². The maximum Gasteiger partial charge on any atom is 0.349 e. The van der Waals surface area contributed by atoms with Gasteiger partial charge in [0.1, 0.15) is 5.37 Å². The molecule has 2 amide bonds. The van der Waals surface area contributed by atoms with Crippen LogP contribution in [-0.4, -0.2) is 50.3 Å². The van der Waals surface area contributed by atoms with Crippen molar-refractivity contribution < 1.29 is 17.8 Å². The van der Waals surface area contributed by atoms with Crippen molar-refractivity contribution in [3.63, 3.8) is 0 Å². The number of anilines is 1. The lowest BCUT2D eigenvalue weighted by Crippen LogP contribution is -2.35. The lowest BCUT2D eigenvalue weighted by molar-refractivity contribution is 0.256. The number of hydrogen-bond donors (Lipinski definition) is 1. The van der Waals surface area contributed by atoms with E-state index in [1.807, 2.05) is 61.5 Å². The highest BCUT2D eigenvalue weighted by Gasteiger charge is 2.39. The number of amides is 2. The van der Waals surface area contributed by atoms with Crippen molar-refractivity contribution in [3.05, 3.63) is 90.0 Å². The Bertz CT molecular complexity index is 1520. The smallest absolute Gasteiger partial charge is 0.282 e. The molecule has 35 heavy (non-hydrogen) atoms. The highest BCUT2D eigenvalue weighted by Crippen LogP contribution is 2.36. The summed E-state index contributed by atoms with van der Waals surface area (Å²) in [7, 11) is -4.37. The van der Waals surface area contributed by atoms with Gasteiger partial charge in [-0.1, -0.05) is 59.8 Å². The zero-order valence-electron chi connectivity index (χ0n) is 18.3. The van der Waals surface area contributed by atoms with Gasteiger partial charge in [0.25, 0.3) is 10.1 Å². The number of benzene rings is 3. The first-order valence-electron chi connectivity index (χ1n) is 10.4. The van der Waals surface area contributed by atoms with Crippen molar-refractivity contribution in [3.8, 4) is 5.69 Å². The maximum atomic E-state index is 13.1. The van der Waals surface area contributed by atoms with Crippen LogP contribution in [0.2, 0.25) is 0 Å². The third kappa shape index (κ3) is 4.58. The second-order valence-corrected chi connectivity index (χ2v) is 10.1.